The minimum Gasteiger partial charge on any atom is -0.497 e. The summed E-state index contributed by atoms with van der Waals surface area (Å²) in [7, 11) is 1.63. The van der Waals surface area contributed by atoms with Gasteiger partial charge in [-0.05, 0) is 43.2 Å². The van der Waals surface area contributed by atoms with E-state index in [2.05, 4.69) is 5.32 Å². The van der Waals surface area contributed by atoms with Crippen LogP contribution >= 0.6 is 0 Å². The first-order valence-corrected chi connectivity index (χ1v) is 6.43. The largest absolute Gasteiger partial charge is 0.497 e. The van der Waals surface area contributed by atoms with Gasteiger partial charge in [-0.3, -0.25) is 0 Å². The van der Waals surface area contributed by atoms with Crippen molar-refractivity contribution in [3.63, 3.8) is 0 Å². The number of halogens is 2. The van der Waals surface area contributed by atoms with Crippen molar-refractivity contribution < 1.29 is 13.5 Å². The molecule has 0 fully saturated rings. The fourth-order valence-electron chi connectivity index (χ4n) is 2.04. The normalized spacial score (nSPS) is 12.0. The van der Waals surface area contributed by atoms with Gasteiger partial charge in [-0.2, -0.15) is 0 Å². The van der Waals surface area contributed by atoms with Crippen LogP contribution in [0, 0.1) is 11.6 Å². The molecule has 0 aromatic heterocycles. The Hall–Kier alpha value is -2.10. The molecule has 0 radical (unpaired) electrons. The summed E-state index contributed by atoms with van der Waals surface area (Å²) in [6.07, 6.45) is 0.781. The third-order valence-electron chi connectivity index (χ3n) is 3.03. The van der Waals surface area contributed by atoms with E-state index >= 15 is 0 Å². The second-order valence-electron chi connectivity index (χ2n) is 4.73. The fourth-order valence-corrected chi connectivity index (χ4v) is 2.04. The molecule has 0 amide bonds. The average molecular weight is 277 g/mol. The molecule has 0 heterocycles. The molecule has 106 valence electrons. The Labute approximate surface area is 117 Å². The van der Waals surface area contributed by atoms with Crippen LogP contribution in [-0.4, -0.2) is 13.2 Å². The van der Waals surface area contributed by atoms with Crippen molar-refractivity contribution >= 4 is 5.69 Å². The van der Waals surface area contributed by atoms with Crippen LogP contribution in [0.2, 0.25) is 0 Å². The second kappa shape index (κ2) is 6.37. The number of methoxy groups -OCH3 is 1. The highest BCUT2D eigenvalue weighted by molar-refractivity contribution is 5.44. The van der Waals surface area contributed by atoms with Gasteiger partial charge in [0.25, 0.3) is 0 Å². The zero-order valence-electron chi connectivity index (χ0n) is 11.5. The maximum absolute atomic E-state index is 13.1. The fraction of sp³-hybridized carbons (Fsp3) is 0.250. The van der Waals surface area contributed by atoms with Crippen LogP contribution in [0.1, 0.15) is 12.5 Å². The Bertz CT molecular complexity index is 569. The molecule has 0 spiro atoms. The molecule has 0 saturated heterocycles. The first kappa shape index (κ1) is 14.3. The minimum atomic E-state index is -0.841. The summed E-state index contributed by atoms with van der Waals surface area (Å²) < 4.78 is 31.1. The summed E-state index contributed by atoms with van der Waals surface area (Å²) >= 11 is 0. The number of rotatable bonds is 5. The summed E-state index contributed by atoms with van der Waals surface area (Å²) in [5.74, 6) is -0.861. The van der Waals surface area contributed by atoms with Gasteiger partial charge in [-0.15, -0.1) is 0 Å². The SMILES string of the molecule is COc1ccc(CC(C)Nc2ccc(F)c(F)c2)cc1. The van der Waals surface area contributed by atoms with Crippen molar-refractivity contribution in [1.29, 1.82) is 0 Å². The van der Waals surface area contributed by atoms with Crippen molar-refractivity contribution in [3.8, 4) is 5.75 Å². The first-order valence-electron chi connectivity index (χ1n) is 6.43. The standard InChI is InChI=1S/C16H17F2NO/c1-11(9-12-3-6-14(20-2)7-4-12)19-13-5-8-15(17)16(18)10-13/h3-8,10-11,19H,9H2,1-2H3. The minimum absolute atomic E-state index is 0.105. The Morgan fingerprint density at radius 1 is 1.05 bits per heavy atom. The topological polar surface area (TPSA) is 21.3 Å². The summed E-state index contributed by atoms with van der Waals surface area (Å²) in [6.45, 7) is 1.99. The molecule has 2 rings (SSSR count). The molecule has 1 N–H and O–H groups in total. The van der Waals surface area contributed by atoms with Crippen molar-refractivity contribution in [3.05, 3.63) is 59.7 Å². The molecule has 1 unspecified atom stereocenters. The van der Waals surface area contributed by atoms with Crippen LogP contribution in [0.4, 0.5) is 14.5 Å². The molecule has 0 aliphatic rings. The van der Waals surface area contributed by atoms with E-state index in [0.717, 1.165) is 23.8 Å². The molecule has 1 atom stereocenters. The average Bonchev–Trinajstić information content (AvgIpc) is 2.44. The van der Waals surface area contributed by atoms with Crippen LogP contribution in [0.25, 0.3) is 0 Å². The molecular formula is C16H17F2NO. The molecule has 2 aromatic carbocycles. The number of hydrogen-bond donors (Lipinski definition) is 1. The lowest BCUT2D eigenvalue weighted by molar-refractivity contribution is 0.414. The maximum Gasteiger partial charge on any atom is 0.160 e. The molecule has 2 aromatic rings. The number of benzene rings is 2. The number of ether oxygens (including phenoxy) is 1. The maximum atomic E-state index is 13.1. The Kier molecular flexibility index (Phi) is 4.56. The predicted octanol–water partition coefficient (Wildman–Crippen LogP) is 4.02. The summed E-state index contributed by atoms with van der Waals surface area (Å²) in [4.78, 5) is 0. The van der Waals surface area contributed by atoms with Crippen molar-refractivity contribution in [2.45, 2.75) is 19.4 Å². The van der Waals surface area contributed by atoms with Gasteiger partial charge in [0.05, 0.1) is 7.11 Å². The second-order valence-corrected chi connectivity index (χ2v) is 4.73. The Morgan fingerprint density at radius 3 is 2.35 bits per heavy atom. The molecule has 0 saturated carbocycles. The summed E-state index contributed by atoms with van der Waals surface area (Å²) in [5, 5.41) is 3.15. The molecule has 0 aliphatic carbocycles. The quantitative estimate of drug-likeness (QED) is 0.891. The van der Waals surface area contributed by atoms with E-state index in [-0.39, 0.29) is 6.04 Å². The highest BCUT2D eigenvalue weighted by Gasteiger charge is 2.07. The lowest BCUT2D eigenvalue weighted by atomic mass is 10.1. The van der Waals surface area contributed by atoms with Crippen LogP contribution in [0.15, 0.2) is 42.5 Å². The highest BCUT2D eigenvalue weighted by Crippen LogP contribution is 2.17. The number of hydrogen-bond acceptors (Lipinski definition) is 2. The molecule has 0 bridgehead atoms. The van der Waals surface area contributed by atoms with Gasteiger partial charge >= 0.3 is 0 Å². The summed E-state index contributed by atoms with van der Waals surface area (Å²) in [6, 6.07) is 11.7. The zero-order chi connectivity index (χ0) is 14.5. The van der Waals surface area contributed by atoms with Gasteiger partial charge in [0.1, 0.15) is 5.75 Å². The van der Waals surface area contributed by atoms with Crippen molar-refractivity contribution in [2.75, 3.05) is 12.4 Å². The van der Waals surface area contributed by atoms with Gasteiger partial charge in [0, 0.05) is 17.8 Å². The molecule has 0 aliphatic heterocycles. The number of nitrogens with one attached hydrogen (secondary N) is 1. The lowest BCUT2D eigenvalue weighted by Crippen LogP contribution is -2.18. The zero-order valence-corrected chi connectivity index (χ0v) is 11.5. The van der Waals surface area contributed by atoms with E-state index in [9.17, 15) is 8.78 Å². The molecule has 2 nitrogen and oxygen atoms in total. The van der Waals surface area contributed by atoms with Gasteiger partial charge < -0.3 is 10.1 Å². The number of anilines is 1. The molecule has 4 heteroatoms. The third-order valence-corrected chi connectivity index (χ3v) is 3.03. The Morgan fingerprint density at radius 2 is 1.75 bits per heavy atom. The van der Waals surface area contributed by atoms with E-state index in [1.54, 1.807) is 7.11 Å². The van der Waals surface area contributed by atoms with Gasteiger partial charge in [-0.25, -0.2) is 8.78 Å². The van der Waals surface area contributed by atoms with Crippen LogP contribution < -0.4 is 10.1 Å². The van der Waals surface area contributed by atoms with E-state index in [0.29, 0.717) is 5.69 Å². The van der Waals surface area contributed by atoms with E-state index in [1.807, 2.05) is 31.2 Å². The lowest BCUT2D eigenvalue weighted by Gasteiger charge is -2.15. The summed E-state index contributed by atoms with van der Waals surface area (Å²) in [5.41, 5.74) is 1.72. The molecule has 20 heavy (non-hydrogen) atoms. The van der Waals surface area contributed by atoms with Crippen molar-refractivity contribution in [1.82, 2.24) is 0 Å². The monoisotopic (exact) mass is 277 g/mol. The van der Waals surface area contributed by atoms with Gasteiger partial charge in [0.15, 0.2) is 11.6 Å². The van der Waals surface area contributed by atoms with Crippen LogP contribution in [-0.2, 0) is 6.42 Å². The van der Waals surface area contributed by atoms with Crippen LogP contribution in [0.3, 0.4) is 0 Å². The molecular weight excluding hydrogens is 260 g/mol. The van der Waals surface area contributed by atoms with Crippen LogP contribution in [0.5, 0.6) is 5.75 Å². The third kappa shape index (κ3) is 3.70. The Balaban J connectivity index is 1.97. The van der Waals surface area contributed by atoms with Gasteiger partial charge in [0.2, 0.25) is 0 Å². The first-order chi connectivity index (χ1) is 9.58. The van der Waals surface area contributed by atoms with Gasteiger partial charge in [-0.1, -0.05) is 12.1 Å². The van der Waals surface area contributed by atoms with E-state index in [4.69, 9.17) is 4.74 Å². The predicted molar refractivity (Wildman–Crippen MR) is 76.1 cm³/mol. The smallest absolute Gasteiger partial charge is 0.160 e. The van der Waals surface area contributed by atoms with E-state index in [1.165, 1.54) is 12.1 Å². The van der Waals surface area contributed by atoms with Crippen molar-refractivity contribution in [2.24, 2.45) is 0 Å². The highest BCUT2D eigenvalue weighted by atomic mass is 19.2. The van der Waals surface area contributed by atoms with E-state index < -0.39 is 11.6 Å².